The molecule has 1 amide bonds. The molecule has 1 N–H and O–H groups in total. The van der Waals surface area contributed by atoms with E-state index in [4.69, 9.17) is 11.6 Å². The van der Waals surface area contributed by atoms with Crippen molar-refractivity contribution in [2.24, 2.45) is 0 Å². The topological polar surface area (TPSA) is 53.4 Å². The van der Waals surface area contributed by atoms with Crippen LogP contribution in [0.5, 0.6) is 0 Å². The van der Waals surface area contributed by atoms with Crippen molar-refractivity contribution in [3.63, 3.8) is 0 Å². The third-order valence-electron chi connectivity index (χ3n) is 5.77. The molecule has 10 heteroatoms. The lowest BCUT2D eigenvalue weighted by Gasteiger charge is -2.33. The normalized spacial score (nSPS) is 22.5. The van der Waals surface area contributed by atoms with Crippen molar-refractivity contribution in [3.05, 3.63) is 46.1 Å². The number of hydrogen-bond acceptors (Lipinski definition) is 4. The van der Waals surface area contributed by atoms with Crippen molar-refractivity contribution in [2.75, 3.05) is 38.5 Å². The number of aromatic nitrogens is 2. The van der Waals surface area contributed by atoms with Gasteiger partial charge < -0.3 is 15.1 Å². The van der Waals surface area contributed by atoms with Crippen molar-refractivity contribution < 1.29 is 18.0 Å². The van der Waals surface area contributed by atoms with Crippen LogP contribution in [0.25, 0.3) is 0 Å². The zero-order chi connectivity index (χ0) is 21.6. The van der Waals surface area contributed by atoms with Gasteiger partial charge in [-0.3, -0.25) is 4.79 Å². The smallest absolute Gasteiger partial charge is 0.362 e. The molecule has 0 saturated carbocycles. The van der Waals surface area contributed by atoms with Crippen LogP contribution in [0.15, 0.2) is 24.3 Å². The monoisotopic (exact) mass is 441 g/mol. The Morgan fingerprint density at radius 3 is 2.40 bits per heavy atom. The molecule has 6 nitrogen and oxygen atoms in total. The van der Waals surface area contributed by atoms with Gasteiger partial charge in [-0.05, 0) is 19.5 Å². The van der Waals surface area contributed by atoms with Crippen LogP contribution in [0.3, 0.4) is 0 Å². The Kier molecular flexibility index (Phi) is 5.44. The molecule has 0 bridgehead atoms. The van der Waals surface area contributed by atoms with Crippen LogP contribution in [0.2, 0.25) is 5.02 Å². The average molecular weight is 442 g/mol. The number of carbonyl (C=O) groups is 1. The number of likely N-dealkylation sites (N-methyl/N-ethyl adjacent to an activating group) is 1. The second-order valence-electron chi connectivity index (χ2n) is 7.95. The zero-order valence-corrected chi connectivity index (χ0v) is 17.5. The fourth-order valence-electron chi connectivity index (χ4n) is 3.90. The molecule has 1 saturated heterocycles. The van der Waals surface area contributed by atoms with E-state index in [0.29, 0.717) is 26.2 Å². The van der Waals surface area contributed by atoms with Gasteiger partial charge in [-0.1, -0.05) is 41.4 Å². The largest absolute Gasteiger partial charge is 0.410 e. The Balaban J connectivity index is 1.69. The minimum absolute atomic E-state index is 0.0355. The molecule has 2 atom stereocenters. The third kappa shape index (κ3) is 3.88. The van der Waals surface area contributed by atoms with E-state index >= 15 is 0 Å². The van der Waals surface area contributed by atoms with Crippen LogP contribution < -0.4 is 5.32 Å². The standard InChI is InChI=1S/C20H23ClF3N5O/c1-12-3-5-13(6-4-12)14-11-15(20(22,23)24)29-18(25-14)16(21)17(26-29)19(30)28-9-7-27(2)8-10-28/h3-6,14-15,25H,7-11H2,1-2H3/t14-,15-/m1/s1. The summed E-state index contributed by atoms with van der Waals surface area (Å²) < 4.78 is 42.5. The number of nitrogens with one attached hydrogen (secondary N) is 1. The highest BCUT2D eigenvalue weighted by Gasteiger charge is 2.48. The number of nitrogens with zero attached hydrogens (tertiary/aromatic N) is 4. The summed E-state index contributed by atoms with van der Waals surface area (Å²) >= 11 is 6.41. The van der Waals surface area contributed by atoms with Crippen LogP contribution in [0.1, 0.15) is 40.1 Å². The van der Waals surface area contributed by atoms with Gasteiger partial charge in [-0.2, -0.15) is 18.3 Å². The lowest BCUT2D eigenvalue weighted by Crippen LogP contribution is -2.47. The number of aryl methyl sites for hydroxylation is 1. The lowest BCUT2D eigenvalue weighted by molar-refractivity contribution is -0.173. The first kappa shape index (κ1) is 21.0. The summed E-state index contributed by atoms with van der Waals surface area (Å²) in [6.07, 6.45) is -4.76. The first-order valence-corrected chi connectivity index (χ1v) is 10.2. The van der Waals surface area contributed by atoms with Gasteiger partial charge in [0.1, 0.15) is 10.8 Å². The first-order valence-electron chi connectivity index (χ1n) is 9.81. The Bertz CT molecular complexity index is 935. The molecule has 4 rings (SSSR count). The predicted molar refractivity (Wildman–Crippen MR) is 108 cm³/mol. The van der Waals surface area contributed by atoms with Crippen LogP contribution >= 0.6 is 11.6 Å². The number of hydrogen-bond donors (Lipinski definition) is 1. The number of carbonyl (C=O) groups excluding carboxylic acids is 1. The number of piperazine rings is 1. The van der Waals surface area contributed by atoms with Crippen molar-refractivity contribution >= 4 is 23.3 Å². The van der Waals surface area contributed by atoms with Crippen LogP contribution in [0, 0.1) is 6.92 Å². The maximum Gasteiger partial charge on any atom is 0.410 e. The minimum atomic E-state index is -4.52. The summed E-state index contributed by atoms with van der Waals surface area (Å²) in [6, 6.07) is 4.86. The van der Waals surface area contributed by atoms with Gasteiger partial charge in [-0.25, -0.2) is 4.68 Å². The Morgan fingerprint density at radius 1 is 1.17 bits per heavy atom. The number of fused-ring (bicyclic) bond motifs is 1. The van der Waals surface area contributed by atoms with Crippen LogP contribution in [-0.4, -0.2) is 64.9 Å². The van der Waals surface area contributed by atoms with Gasteiger partial charge in [0.25, 0.3) is 5.91 Å². The number of benzene rings is 1. The van der Waals surface area contributed by atoms with Crippen LogP contribution in [0.4, 0.5) is 19.0 Å². The Hall–Kier alpha value is -2.26. The van der Waals surface area contributed by atoms with E-state index in [1.54, 1.807) is 17.0 Å². The summed E-state index contributed by atoms with van der Waals surface area (Å²) in [7, 11) is 1.95. The summed E-state index contributed by atoms with van der Waals surface area (Å²) in [4.78, 5) is 16.6. The van der Waals surface area contributed by atoms with E-state index in [1.165, 1.54) is 0 Å². The minimum Gasteiger partial charge on any atom is -0.362 e. The van der Waals surface area contributed by atoms with Crippen molar-refractivity contribution in [1.82, 2.24) is 19.6 Å². The third-order valence-corrected chi connectivity index (χ3v) is 6.13. The van der Waals surface area contributed by atoms with Crippen LogP contribution in [-0.2, 0) is 0 Å². The van der Waals surface area contributed by atoms with E-state index in [2.05, 4.69) is 15.3 Å². The summed E-state index contributed by atoms with van der Waals surface area (Å²) in [5, 5.41) is 7.05. The number of anilines is 1. The summed E-state index contributed by atoms with van der Waals surface area (Å²) in [5.41, 5.74) is 1.61. The second-order valence-corrected chi connectivity index (χ2v) is 8.33. The second kappa shape index (κ2) is 7.77. The predicted octanol–water partition coefficient (Wildman–Crippen LogP) is 3.89. The number of amides is 1. The molecule has 0 aliphatic carbocycles. The van der Waals surface area contributed by atoms with Crippen molar-refractivity contribution in [1.29, 1.82) is 0 Å². The summed E-state index contributed by atoms with van der Waals surface area (Å²) in [6.45, 7) is 4.26. The molecule has 1 fully saturated rings. The molecule has 30 heavy (non-hydrogen) atoms. The molecule has 162 valence electrons. The average Bonchev–Trinajstić information content (AvgIpc) is 3.04. The molecule has 0 spiro atoms. The Labute approximate surface area is 177 Å². The van der Waals surface area contributed by atoms with Crippen molar-refractivity contribution in [3.8, 4) is 0 Å². The van der Waals surface area contributed by atoms with Gasteiger partial charge in [0.2, 0.25) is 0 Å². The molecule has 0 unspecified atom stereocenters. The number of alkyl halides is 3. The van der Waals surface area contributed by atoms with Gasteiger partial charge in [0.15, 0.2) is 11.7 Å². The summed E-state index contributed by atoms with van der Waals surface area (Å²) in [5.74, 6) is -0.405. The van der Waals surface area contributed by atoms with E-state index in [0.717, 1.165) is 15.8 Å². The number of halogens is 4. The molecular weight excluding hydrogens is 419 g/mol. The first-order chi connectivity index (χ1) is 14.1. The molecule has 1 aromatic carbocycles. The molecular formula is C20H23ClF3N5O. The molecule has 2 aliphatic rings. The zero-order valence-electron chi connectivity index (χ0n) is 16.7. The highest BCUT2D eigenvalue weighted by Crippen LogP contribution is 2.46. The molecule has 2 aromatic rings. The van der Waals surface area contributed by atoms with Crippen molar-refractivity contribution in [2.45, 2.75) is 31.6 Å². The number of rotatable bonds is 2. The quantitative estimate of drug-likeness (QED) is 0.768. The van der Waals surface area contributed by atoms with E-state index in [-0.39, 0.29) is 23.0 Å². The molecule has 3 heterocycles. The van der Waals surface area contributed by atoms with Gasteiger partial charge in [-0.15, -0.1) is 0 Å². The highest BCUT2D eigenvalue weighted by molar-refractivity contribution is 6.36. The molecule has 0 radical (unpaired) electrons. The van der Waals surface area contributed by atoms with E-state index in [9.17, 15) is 18.0 Å². The van der Waals surface area contributed by atoms with Gasteiger partial charge in [0.05, 0.1) is 6.04 Å². The fraction of sp³-hybridized carbons (Fsp3) is 0.500. The molecule has 1 aromatic heterocycles. The maximum absolute atomic E-state index is 13.9. The highest BCUT2D eigenvalue weighted by atomic mass is 35.5. The lowest BCUT2D eigenvalue weighted by atomic mass is 9.96. The fourth-order valence-corrected chi connectivity index (χ4v) is 4.16. The maximum atomic E-state index is 13.9. The van der Waals surface area contributed by atoms with E-state index in [1.807, 2.05) is 26.1 Å². The SMILES string of the molecule is Cc1ccc([C@H]2C[C@H](C(F)(F)F)n3nc(C(=O)N4CCN(C)CC4)c(Cl)c3N2)cc1. The van der Waals surface area contributed by atoms with Gasteiger partial charge in [0, 0.05) is 32.6 Å². The van der Waals surface area contributed by atoms with E-state index < -0.39 is 24.2 Å². The molecule has 2 aliphatic heterocycles. The van der Waals surface area contributed by atoms with Gasteiger partial charge >= 0.3 is 6.18 Å². The Morgan fingerprint density at radius 2 is 1.80 bits per heavy atom.